The topological polar surface area (TPSA) is 50.5 Å². The van der Waals surface area contributed by atoms with Crippen LogP contribution >= 0.6 is 11.6 Å². The van der Waals surface area contributed by atoms with Crippen LogP contribution in [0.4, 0.5) is 0 Å². The van der Waals surface area contributed by atoms with Crippen LogP contribution in [0.25, 0.3) is 11.0 Å². The van der Waals surface area contributed by atoms with Crippen molar-refractivity contribution in [2.75, 3.05) is 6.54 Å². The lowest BCUT2D eigenvalue weighted by Gasteiger charge is -2.25. The SMILES string of the molecule is CCCCN1C(=O)c2oc3ccccc3c(=O)c2[C@H]1c1ccc(Cl)cc1. The largest absolute Gasteiger partial charge is 0.450 e. The number of halogens is 1. The van der Waals surface area contributed by atoms with Gasteiger partial charge in [-0.2, -0.15) is 0 Å². The van der Waals surface area contributed by atoms with Crippen LogP contribution in [-0.4, -0.2) is 17.4 Å². The van der Waals surface area contributed by atoms with E-state index < -0.39 is 6.04 Å². The molecule has 1 atom stereocenters. The van der Waals surface area contributed by atoms with Crippen molar-refractivity contribution in [2.24, 2.45) is 0 Å². The summed E-state index contributed by atoms with van der Waals surface area (Å²) in [6.45, 7) is 2.64. The van der Waals surface area contributed by atoms with E-state index in [9.17, 15) is 9.59 Å². The smallest absolute Gasteiger partial charge is 0.290 e. The molecule has 1 amide bonds. The highest BCUT2D eigenvalue weighted by Gasteiger charge is 2.42. The van der Waals surface area contributed by atoms with Gasteiger partial charge in [0, 0.05) is 11.6 Å². The Labute approximate surface area is 156 Å². The maximum atomic E-state index is 13.2. The molecular formula is C21H18ClNO3. The Kier molecular flexibility index (Phi) is 4.29. The molecule has 0 saturated carbocycles. The number of carbonyl (C=O) groups excluding carboxylic acids is 1. The second-order valence-electron chi connectivity index (χ2n) is 6.48. The van der Waals surface area contributed by atoms with E-state index in [0.29, 0.717) is 28.1 Å². The minimum absolute atomic E-state index is 0.144. The van der Waals surface area contributed by atoms with E-state index in [-0.39, 0.29) is 17.1 Å². The molecule has 3 aromatic rings. The van der Waals surface area contributed by atoms with Crippen molar-refractivity contribution in [3.05, 3.63) is 80.7 Å². The highest BCUT2D eigenvalue weighted by atomic mass is 35.5. The monoisotopic (exact) mass is 367 g/mol. The normalized spacial score (nSPS) is 16.3. The second kappa shape index (κ2) is 6.61. The van der Waals surface area contributed by atoms with Gasteiger partial charge in [0.25, 0.3) is 5.91 Å². The highest BCUT2D eigenvalue weighted by Crippen LogP contribution is 2.38. The maximum Gasteiger partial charge on any atom is 0.290 e. The third-order valence-electron chi connectivity index (χ3n) is 4.81. The van der Waals surface area contributed by atoms with E-state index >= 15 is 0 Å². The highest BCUT2D eigenvalue weighted by molar-refractivity contribution is 6.30. The van der Waals surface area contributed by atoms with Crippen LogP contribution in [-0.2, 0) is 0 Å². The van der Waals surface area contributed by atoms with Gasteiger partial charge in [0.2, 0.25) is 5.76 Å². The molecule has 2 aromatic carbocycles. The van der Waals surface area contributed by atoms with Gasteiger partial charge in [0.05, 0.1) is 17.0 Å². The number of amides is 1. The number of rotatable bonds is 4. The molecule has 0 aliphatic carbocycles. The summed E-state index contributed by atoms with van der Waals surface area (Å²) in [6, 6.07) is 13.9. The molecule has 1 aromatic heterocycles. The Morgan fingerprint density at radius 1 is 1.08 bits per heavy atom. The summed E-state index contributed by atoms with van der Waals surface area (Å²) >= 11 is 6.02. The van der Waals surface area contributed by atoms with Gasteiger partial charge in [-0.3, -0.25) is 9.59 Å². The second-order valence-corrected chi connectivity index (χ2v) is 6.91. The predicted molar refractivity (Wildman–Crippen MR) is 102 cm³/mol. The first-order valence-electron chi connectivity index (χ1n) is 8.74. The fraction of sp³-hybridized carbons (Fsp3) is 0.238. The van der Waals surface area contributed by atoms with Crippen LogP contribution in [0.15, 0.2) is 57.7 Å². The number of fused-ring (bicyclic) bond motifs is 2. The lowest BCUT2D eigenvalue weighted by atomic mass is 9.98. The van der Waals surface area contributed by atoms with Crippen molar-refractivity contribution in [1.29, 1.82) is 0 Å². The van der Waals surface area contributed by atoms with Crippen LogP contribution in [0, 0.1) is 0 Å². The van der Waals surface area contributed by atoms with Crippen molar-refractivity contribution >= 4 is 28.5 Å². The van der Waals surface area contributed by atoms with Crippen LogP contribution in [0.5, 0.6) is 0 Å². The fourth-order valence-corrected chi connectivity index (χ4v) is 3.64. The molecule has 5 heteroatoms. The van der Waals surface area contributed by atoms with Gasteiger partial charge in [-0.1, -0.05) is 49.2 Å². The fourth-order valence-electron chi connectivity index (χ4n) is 3.52. The molecular weight excluding hydrogens is 350 g/mol. The first kappa shape index (κ1) is 16.9. The molecule has 0 radical (unpaired) electrons. The first-order valence-corrected chi connectivity index (χ1v) is 9.11. The number of hydrogen-bond acceptors (Lipinski definition) is 3. The number of para-hydroxylation sites is 1. The third kappa shape index (κ3) is 2.61. The van der Waals surface area contributed by atoms with Crippen LogP contribution in [0.3, 0.4) is 0 Å². The van der Waals surface area contributed by atoms with Gasteiger partial charge >= 0.3 is 0 Å². The summed E-state index contributed by atoms with van der Waals surface area (Å²) in [4.78, 5) is 27.9. The number of nitrogens with zero attached hydrogens (tertiary/aromatic N) is 1. The molecule has 132 valence electrons. The Bertz CT molecular complexity index is 1040. The molecule has 0 fully saturated rings. The third-order valence-corrected chi connectivity index (χ3v) is 5.06. The Morgan fingerprint density at radius 2 is 1.81 bits per heavy atom. The standard InChI is InChI=1S/C21H18ClNO3/c1-2-3-12-23-18(13-8-10-14(22)11-9-13)17-19(24)15-6-4-5-7-16(15)26-20(17)21(23)25/h4-11,18H,2-3,12H2,1H3/t18-/m1/s1. The minimum Gasteiger partial charge on any atom is -0.450 e. The summed E-state index contributed by atoms with van der Waals surface area (Å²) in [7, 11) is 0. The van der Waals surface area contributed by atoms with Gasteiger partial charge in [-0.25, -0.2) is 0 Å². The van der Waals surface area contributed by atoms with Gasteiger partial charge in [-0.15, -0.1) is 0 Å². The van der Waals surface area contributed by atoms with Crippen molar-refractivity contribution < 1.29 is 9.21 Å². The van der Waals surface area contributed by atoms with Crippen LogP contribution in [0.2, 0.25) is 5.02 Å². The molecule has 0 N–H and O–H groups in total. The average molecular weight is 368 g/mol. The summed E-state index contributed by atoms with van der Waals surface area (Å²) in [5.41, 5.74) is 1.58. The van der Waals surface area contributed by atoms with E-state index in [1.54, 1.807) is 41.3 Å². The van der Waals surface area contributed by atoms with Gasteiger partial charge in [0.1, 0.15) is 5.58 Å². The first-order chi connectivity index (χ1) is 12.6. The van der Waals surface area contributed by atoms with Crippen LogP contribution < -0.4 is 5.43 Å². The molecule has 4 rings (SSSR count). The molecule has 26 heavy (non-hydrogen) atoms. The number of unbranched alkanes of at least 4 members (excludes halogenated alkanes) is 1. The summed E-state index contributed by atoms with van der Waals surface area (Å²) < 4.78 is 5.87. The summed E-state index contributed by atoms with van der Waals surface area (Å²) in [5.74, 6) is -0.0685. The van der Waals surface area contributed by atoms with Gasteiger partial charge < -0.3 is 9.32 Å². The van der Waals surface area contributed by atoms with E-state index in [1.807, 2.05) is 12.1 Å². The number of hydrogen-bond donors (Lipinski definition) is 0. The summed E-state index contributed by atoms with van der Waals surface area (Å²) in [6.07, 6.45) is 1.81. The zero-order valence-electron chi connectivity index (χ0n) is 14.4. The van der Waals surface area contributed by atoms with E-state index in [2.05, 4.69) is 6.92 Å². The van der Waals surface area contributed by atoms with Crippen molar-refractivity contribution in [3.8, 4) is 0 Å². The van der Waals surface area contributed by atoms with E-state index in [0.717, 1.165) is 18.4 Å². The average Bonchev–Trinajstić information content (AvgIpc) is 2.93. The molecule has 0 spiro atoms. The molecule has 0 bridgehead atoms. The zero-order valence-corrected chi connectivity index (χ0v) is 15.1. The Hall–Kier alpha value is -2.59. The quantitative estimate of drug-likeness (QED) is 0.666. The van der Waals surface area contributed by atoms with Crippen molar-refractivity contribution in [1.82, 2.24) is 4.90 Å². The number of benzene rings is 2. The van der Waals surface area contributed by atoms with Gasteiger partial charge in [-0.05, 0) is 36.2 Å². The Morgan fingerprint density at radius 3 is 2.54 bits per heavy atom. The number of carbonyl (C=O) groups is 1. The molecule has 4 nitrogen and oxygen atoms in total. The summed E-state index contributed by atoms with van der Waals surface area (Å²) in [5, 5.41) is 1.11. The Balaban J connectivity index is 1.96. The molecule has 0 unspecified atom stereocenters. The molecule has 0 saturated heterocycles. The van der Waals surface area contributed by atoms with E-state index in [4.69, 9.17) is 16.0 Å². The minimum atomic E-state index is -0.442. The zero-order chi connectivity index (χ0) is 18.3. The molecule has 2 heterocycles. The molecule has 1 aliphatic heterocycles. The lowest BCUT2D eigenvalue weighted by molar-refractivity contribution is 0.0725. The lowest BCUT2D eigenvalue weighted by Crippen LogP contribution is -2.30. The predicted octanol–water partition coefficient (Wildman–Crippen LogP) is 4.79. The van der Waals surface area contributed by atoms with Crippen molar-refractivity contribution in [3.63, 3.8) is 0 Å². The van der Waals surface area contributed by atoms with Crippen LogP contribution in [0.1, 0.15) is 47.5 Å². The van der Waals surface area contributed by atoms with E-state index in [1.165, 1.54) is 0 Å². The maximum absolute atomic E-state index is 13.2. The van der Waals surface area contributed by atoms with Gasteiger partial charge in [0.15, 0.2) is 5.43 Å². The molecule has 1 aliphatic rings. The van der Waals surface area contributed by atoms with Crippen molar-refractivity contribution in [2.45, 2.75) is 25.8 Å².